The summed E-state index contributed by atoms with van der Waals surface area (Å²) in [5, 5.41) is 31.0. The predicted octanol–water partition coefficient (Wildman–Crippen LogP) is 5.96. The van der Waals surface area contributed by atoms with Crippen LogP contribution in [0, 0.1) is 0 Å². The van der Waals surface area contributed by atoms with Gasteiger partial charge in [0.1, 0.15) is 5.03 Å². The number of aliphatic hydroxyl groups excluding tert-OH is 1. The Kier molecular flexibility index (Phi) is 12.9. The van der Waals surface area contributed by atoms with Gasteiger partial charge in [0.2, 0.25) is 11.8 Å². The molecule has 0 spiro atoms. The lowest BCUT2D eigenvalue weighted by Crippen LogP contribution is -2.31. The molecule has 0 aliphatic carbocycles. The molecule has 4 aromatic rings. The molecular formula is C37H39N3O8S. The largest absolute Gasteiger partial charge is 0.478 e. The number of carbonyl (C=O) groups excluding carboxylic acids is 2. The van der Waals surface area contributed by atoms with Crippen LogP contribution in [0.25, 0.3) is 11.1 Å². The van der Waals surface area contributed by atoms with Gasteiger partial charge in [-0.3, -0.25) is 14.8 Å². The molecule has 0 saturated carbocycles. The van der Waals surface area contributed by atoms with Crippen LogP contribution in [-0.2, 0) is 32.2 Å². The normalized spacial score (nSPS) is 17.3. The number of aromatic carboxylic acids is 1. The highest BCUT2D eigenvalue weighted by Gasteiger charge is 2.32. The number of aliphatic hydroxyl groups is 1. The van der Waals surface area contributed by atoms with Gasteiger partial charge in [-0.25, -0.2) is 15.3 Å². The molecule has 1 aliphatic heterocycles. The number of aromatic nitrogens is 1. The summed E-state index contributed by atoms with van der Waals surface area (Å²) in [6.45, 7) is 0.323. The minimum Gasteiger partial charge on any atom is -0.478 e. The lowest BCUT2D eigenvalue weighted by molar-refractivity contribution is -0.245. The van der Waals surface area contributed by atoms with Gasteiger partial charge in [-0.05, 0) is 58.9 Å². The molecule has 11 nitrogen and oxygen atoms in total. The molecule has 3 aromatic carbocycles. The molecule has 0 unspecified atom stereocenters. The summed E-state index contributed by atoms with van der Waals surface area (Å²) in [5.41, 5.74) is 7.25. The molecule has 0 bridgehead atoms. The fourth-order valence-corrected chi connectivity index (χ4v) is 6.48. The number of carboxylic acids is 1. The third kappa shape index (κ3) is 10.2. The van der Waals surface area contributed by atoms with E-state index in [2.05, 4.69) is 10.3 Å². The first-order chi connectivity index (χ1) is 23.8. The van der Waals surface area contributed by atoms with Gasteiger partial charge in [-0.1, -0.05) is 66.7 Å². The van der Waals surface area contributed by atoms with E-state index in [1.54, 1.807) is 17.7 Å². The number of unbranched alkanes of at least 4 members (excludes halogenated alkanes) is 1. The van der Waals surface area contributed by atoms with Gasteiger partial charge < -0.3 is 25.0 Å². The summed E-state index contributed by atoms with van der Waals surface area (Å²) in [5.74, 6) is -1.12. The van der Waals surface area contributed by atoms with Gasteiger partial charge in [0.05, 0.1) is 24.4 Å². The molecule has 1 fully saturated rings. The second-order valence-corrected chi connectivity index (χ2v) is 12.7. The molecule has 5 N–H and O–H groups in total. The van der Waals surface area contributed by atoms with Gasteiger partial charge >= 0.3 is 5.97 Å². The van der Waals surface area contributed by atoms with Crippen LogP contribution in [0.4, 0.5) is 0 Å². The van der Waals surface area contributed by atoms with E-state index in [4.69, 9.17) is 14.7 Å². The zero-order chi connectivity index (χ0) is 34.6. The zero-order valence-electron chi connectivity index (χ0n) is 26.8. The maximum atomic E-state index is 12.3. The van der Waals surface area contributed by atoms with Gasteiger partial charge in [0.15, 0.2) is 6.29 Å². The monoisotopic (exact) mass is 685 g/mol. The van der Waals surface area contributed by atoms with Crippen LogP contribution in [0.15, 0.2) is 96.2 Å². The topological polar surface area (TPSA) is 167 Å². The van der Waals surface area contributed by atoms with E-state index in [0.717, 1.165) is 33.4 Å². The molecule has 1 aromatic heterocycles. The molecule has 1 saturated heterocycles. The molecule has 12 heteroatoms. The summed E-state index contributed by atoms with van der Waals surface area (Å²) < 4.78 is 12.9. The number of pyridine rings is 1. The molecule has 3 atom stereocenters. The first-order valence-corrected chi connectivity index (χ1v) is 17.0. The number of carbonyl (C=O) groups is 3. The van der Waals surface area contributed by atoms with Crippen LogP contribution < -0.4 is 10.8 Å². The highest BCUT2D eigenvalue weighted by Crippen LogP contribution is 2.40. The highest BCUT2D eigenvalue weighted by atomic mass is 32.2. The second-order valence-electron chi connectivity index (χ2n) is 11.7. The lowest BCUT2D eigenvalue weighted by Gasteiger charge is -2.36. The summed E-state index contributed by atoms with van der Waals surface area (Å²) in [7, 11) is 0. The Labute approximate surface area is 288 Å². The van der Waals surface area contributed by atoms with Crippen molar-refractivity contribution in [3.63, 3.8) is 0 Å². The number of ether oxygens (including phenoxy) is 2. The number of carboxylic acid groups (broad SMARTS) is 1. The van der Waals surface area contributed by atoms with Gasteiger partial charge in [0.25, 0.3) is 0 Å². The summed E-state index contributed by atoms with van der Waals surface area (Å²) >= 11 is 1.34. The quantitative estimate of drug-likeness (QED) is 0.0436. The third-order valence-electron chi connectivity index (χ3n) is 8.14. The van der Waals surface area contributed by atoms with Crippen LogP contribution in [0.2, 0.25) is 0 Å². The molecule has 2 heterocycles. The lowest BCUT2D eigenvalue weighted by atomic mass is 9.99. The zero-order valence-corrected chi connectivity index (χ0v) is 27.6. The summed E-state index contributed by atoms with van der Waals surface area (Å²) in [4.78, 5) is 39.4. The Bertz CT molecular complexity index is 1720. The number of hydrogen-bond donors (Lipinski definition) is 5. The van der Waals surface area contributed by atoms with Crippen molar-refractivity contribution in [2.24, 2.45) is 0 Å². The molecule has 49 heavy (non-hydrogen) atoms. The molecular weight excluding hydrogens is 646 g/mol. The Hall–Kier alpha value is -4.59. The summed E-state index contributed by atoms with van der Waals surface area (Å²) in [6, 6.07) is 26.6. The SMILES string of the molecule is O=C(CCCCC(=O)NCc1cccc(-c2ccc([C@@H]3O[C@H](CSc4ncccc4C(=O)O)C[C@H](c4ccc(CO)cc4)O3)cc2)c1)NO. The number of amides is 2. The minimum absolute atomic E-state index is 0.0499. The number of hydrogen-bond acceptors (Lipinski definition) is 9. The predicted molar refractivity (Wildman–Crippen MR) is 182 cm³/mol. The van der Waals surface area contributed by atoms with Gasteiger partial charge in [0, 0.05) is 43.3 Å². The van der Waals surface area contributed by atoms with Gasteiger partial charge in [-0.2, -0.15) is 0 Å². The van der Waals surface area contributed by atoms with Crippen molar-refractivity contribution in [2.75, 3.05) is 5.75 Å². The van der Waals surface area contributed by atoms with E-state index in [-0.39, 0.29) is 36.7 Å². The van der Waals surface area contributed by atoms with Crippen molar-refractivity contribution < 1.29 is 39.3 Å². The van der Waals surface area contributed by atoms with Crippen LogP contribution in [0.5, 0.6) is 0 Å². The minimum atomic E-state index is -1.03. The Morgan fingerprint density at radius 3 is 2.29 bits per heavy atom. The van der Waals surface area contributed by atoms with Crippen LogP contribution in [0.3, 0.4) is 0 Å². The Morgan fingerprint density at radius 2 is 1.57 bits per heavy atom. The van der Waals surface area contributed by atoms with Crippen LogP contribution in [-0.4, -0.2) is 50.0 Å². The van der Waals surface area contributed by atoms with Crippen molar-refractivity contribution in [3.8, 4) is 11.1 Å². The third-order valence-corrected chi connectivity index (χ3v) is 9.27. The van der Waals surface area contributed by atoms with Crippen molar-refractivity contribution in [2.45, 2.75) is 68.8 Å². The molecule has 5 rings (SSSR count). The van der Waals surface area contributed by atoms with Gasteiger partial charge in [-0.15, -0.1) is 11.8 Å². The number of nitrogens with zero attached hydrogens (tertiary/aromatic N) is 1. The average molecular weight is 686 g/mol. The molecule has 256 valence electrons. The number of hydroxylamine groups is 1. The van der Waals surface area contributed by atoms with Crippen molar-refractivity contribution in [1.29, 1.82) is 0 Å². The average Bonchev–Trinajstić information content (AvgIpc) is 3.15. The van der Waals surface area contributed by atoms with E-state index in [1.165, 1.54) is 17.8 Å². The fourth-order valence-electron chi connectivity index (χ4n) is 5.47. The van der Waals surface area contributed by atoms with Crippen LogP contribution in [0.1, 0.15) is 77.1 Å². The smallest absolute Gasteiger partial charge is 0.338 e. The first-order valence-electron chi connectivity index (χ1n) is 16.0. The molecule has 2 amide bonds. The van der Waals surface area contributed by atoms with Crippen LogP contribution >= 0.6 is 11.8 Å². The molecule has 1 aliphatic rings. The standard InChI is InChI=1S/C37H39N3O8S/c41-22-24-10-12-27(13-11-24)32-20-30(23-49-35-31(36(44)45)7-4-18-38-35)47-37(48-32)28-16-14-26(15-17-28)29-6-3-5-25(19-29)21-39-33(42)8-1-2-9-34(43)40-46/h3-7,10-19,30,32,37,41,46H,1-2,8-9,20-23H2,(H,39,42)(H,40,43)(H,44,45)/t30-,32+,37+/m0/s1. The maximum absolute atomic E-state index is 12.3. The maximum Gasteiger partial charge on any atom is 0.338 e. The first kappa shape index (κ1) is 35.7. The van der Waals surface area contributed by atoms with E-state index in [9.17, 15) is 24.6 Å². The highest BCUT2D eigenvalue weighted by molar-refractivity contribution is 7.99. The number of nitrogens with one attached hydrogen (secondary N) is 2. The van der Waals surface area contributed by atoms with Crippen molar-refractivity contribution in [3.05, 3.63) is 119 Å². The number of thioether (sulfide) groups is 1. The Balaban J connectivity index is 1.25. The van der Waals surface area contributed by atoms with E-state index >= 15 is 0 Å². The van der Waals surface area contributed by atoms with E-state index < -0.39 is 18.2 Å². The van der Waals surface area contributed by atoms with E-state index in [0.29, 0.717) is 43.0 Å². The fraction of sp³-hybridized carbons (Fsp3) is 0.297. The Morgan fingerprint density at radius 1 is 0.837 bits per heavy atom. The summed E-state index contributed by atoms with van der Waals surface area (Å²) in [6.07, 6.45) is 2.45. The van der Waals surface area contributed by atoms with Crippen molar-refractivity contribution >= 4 is 29.5 Å². The number of rotatable bonds is 15. The number of benzene rings is 3. The molecule has 0 radical (unpaired) electrons. The second kappa shape index (κ2) is 17.7. The van der Waals surface area contributed by atoms with Crippen molar-refractivity contribution in [1.82, 2.24) is 15.8 Å². The van der Waals surface area contributed by atoms with E-state index in [1.807, 2.05) is 72.8 Å².